The van der Waals surface area contributed by atoms with Gasteiger partial charge in [-0.2, -0.15) is 0 Å². The summed E-state index contributed by atoms with van der Waals surface area (Å²) >= 11 is 0. The third kappa shape index (κ3) is 4.95. The van der Waals surface area contributed by atoms with E-state index in [-0.39, 0.29) is 17.8 Å². The second-order valence-corrected chi connectivity index (χ2v) is 5.92. The largest absolute Gasteiger partial charge is 0.494 e. The predicted molar refractivity (Wildman–Crippen MR) is 92.2 cm³/mol. The van der Waals surface area contributed by atoms with Crippen molar-refractivity contribution in [2.75, 3.05) is 13.7 Å². The monoisotopic (exact) mass is 349 g/mol. The molecule has 0 spiro atoms. The highest BCUT2D eigenvalue weighted by molar-refractivity contribution is 5.74. The lowest BCUT2D eigenvalue weighted by atomic mass is 10.1. The lowest BCUT2D eigenvalue weighted by Crippen LogP contribution is -2.37. The Kier molecular flexibility index (Phi) is 6.38. The number of benzene rings is 1. The molecule has 1 heterocycles. The Morgan fingerprint density at radius 1 is 1.40 bits per heavy atom. The second kappa shape index (κ2) is 8.50. The molecule has 0 radical (unpaired) electrons. The smallest absolute Gasteiger partial charge is 0.315 e. The summed E-state index contributed by atoms with van der Waals surface area (Å²) in [6.07, 6.45) is 1.57. The van der Waals surface area contributed by atoms with Gasteiger partial charge < -0.3 is 19.9 Å². The van der Waals surface area contributed by atoms with E-state index in [0.29, 0.717) is 12.1 Å². The van der Waals surface area contributed by atoms with Crippen molar-refractivity contribution in [3.8, 4) is 5.75 Å². The number of hydrogen-bond donors (Lipinski definition) is 2. The van der Waals surface area contributed by atoms with Crippen LogP contribution >= 0.6 is 0 Å². The molecule has 1 aromatic heterocycles. The minimum atomic E-state index is -0.450. The Bertz CT molecular complexity index is 711. The molecule has 2 N–H and O–H groups in total. The number of carbonyl (C=O) groups is 1. The van der Waals surface area contributed by atoms with E-state index in [4.69, 9.17) is 9.26 Å². The van der Waals surface area contributed by atoms with E-state index in [9.17, 15) is 9.18 Å². The number of nitrogens with zero attached hydrogens (tertiary/aromatic N) is 1. The van der Waals surface area contributed by atoms with Crippen LogP contribution in [0.4, 0.5) is 9.18 Å². The lowest BCUT2D eigenvalue weighted by molar-refractivity contribution is 0.238. The maximum Gasteiger partial charge on any atom is 0.315 e. The molecule has 136 valence electrons. The van der Waals surface area contributed by atoms with Crippen LogP contribution in [0, 0.1) is 19.7 Å². The van der Waals surface area contributed by atoms with Crippen molar-refractivity contribution in [2.45, 2.75) is 39.7 Å². The number of ether oxygens (including phenoxy) is 1. The fourth-order valence-electron chi connectivity index (χ4n) is 2.61. The van der Waals surface area contributed by atoms with Crippen molar-refractivity contribution < 1.29 is 18.4 Å². The quantitative estimate of drug-likeness (QED) is 0.751. The van der Waals surface area contributed by atoms with E-state index in [0.717, 1.165) is 29.9 Å². The molecule has 6 nitrogen and oxygen atoms in total. The number of methoxy groups -OCH3 is 1. The maximum atomic E-state index is 13.7. The van der Waals surface area contributed by atoms with Gasteiger partial charge in [-0.1, -0.05) is 11.2 Å². The minimum absolute atomic E-state index is 0.180. The molecule has 0 saturated carbocycles. The van der Waals surface area contributed by atoms with Gasteiger partial charge in [0.1, 0.15) is 5.76 Å². The molecular weight excluding hydrogens is 325 g/mol. The van der Waals surface area contributed by atoms with Gasteiger partial charge >= 0.3 is 6.03 Å². The highest BCUT2D eigenvalue weighted by Crippen LogP contribution is 2.21. The Balaban J connectivity index is 1.77. The van der Waals surface area contributed by atoms with Gasteiger partial charge in [0.2, 0.25) is 0 Å². The predicted octanol–water partition coefficient (Wildman–Crippen LogP) is 3.43. The van der Waals surface area contributed by atoms with Gasteiger partial charge in [0.25, 0.3) is 0 Å². The summed E-state index contributed by atoms with van der Waals surface area (Å²) in [6, 6.07) is 4.03. The number of nitrogens with one attached hydrogen (secondary N) is 2. The third-order valence-corrected chi connectivity index (χ3v) is 4.09. The summed E-state index contributed by atoms with van der Waals surface area (Å²) in [4.78, 5) is 12.0. The maximum absolute atomic E-state index is 13.7. The summed E-state index contributed by atoms with van der Waals surface area (Å²) in [5.74, 6) is 0.547. The number of aryl methyl sites for hydroxylation is 2. The van der Waals surface area contributed by atoms with Crippen molar-refractivity contribution in [3.05, 3.63) is 46.6 Å². The molecule has 1 unspecified atom stereocenters. The molecule has 0 aliphatic carbocycles. The van der Waals surface area contributed by atoms with Gasteiger partial charge in [-0.05, 0) is 51.3 Å². The zero-order chi connectivity index (χ0) is 18.4. The van der Waals surface area contributed by atoms with Crippen LogP contribution in [0.2, 0.25) is 0 Å². The number of urea groups is 1. The van der Waals surface area contributed by atoms with Gasteiger partial charge in [-0.3, -0.25) is 0 Å². The number of rotatable bonds is 7. The van der Waals surface area contributed by atoms with Crippen LogP contribution in [-0.4, -0.2) is 24.8 Å². The summed E-state index contributed by atoms with van der Waals surface area (Å²) < 4.78 is 23.7. The standard InChI is InChI=1S/C18H24FN3O3/c1-11(14-7-8-17(24-4)16(19)10-14)21-18(23)20-9-5-6-15-12(2)22-25-13(15)3/h7-8,10-11H,5-6,9H2,1-4H3,(H2,20,21,23). The van der Waals surface area contributed by atoms with E-state index in [1.54, 1.807) is 19.1 Å². The molecule has 7 heteroatoms. The highest BCUT2D eigenvalue weighted by Gasteiger charge is 2.12. The second-order valence-electron chi connectivity index (χ2n) is 5.92. The van der Waals surface area contributed by atoms with E-state index in [1.807, 2.05) is 13.8 Å². The number of hydrogen-bond acceptors (Lipinski definition) is 4. The van der Waals surface area contributed by atoms with E-state index in [1.165, 1.54) is 13.2 Å². The van der Waals surface area contributed by atoms with Crippen LogP contribution in [0.3, 0.4) is 0 Å². The van der Waals surface area contributed by atoms with Gasteiger partial charge in [-0.25, -0.2) is 9.18 Å². The first-order valence-corrected chi connectivity index (χ1v) is 8.22. The Labute approximate surface area is 146 Å². The molecule has 2 amide bonds. The molecule has 25 heavy (non-hydrogen) atoms. The van der Waals surface area contributed by atoms with E-state index in [2.05, 4.69) is 15.8 Å². The van der Waals surface area contributed by atoms with Crippen molar-refractivity contribution >= 4 is 6.03 Å². The number of amides is 2. The molecule has 0 aliphatic heterocycles. The SMILES string of the molecule is COc1ccc(C(C)NC(=O)NCCCc2c(C)noc2C)cc1F. The van der Waals surface area contributed by atoms with Crippen molar-refractivity contribution in [3.63, 3.8) is 0 Å². The Morgan fingerprint density at radius 2 is 2.16 bits per heavy atom. The average molecular weight is 349 g/mol. The topological polar surface area (TPSA) is 76.4 Å². The van der Waals surface area contributed by atoms with E-state index >= 15 is 0 Å². The first-order chi connectivity index (χ1) is 11.9. The van der Waals surface area contributed by atoms with Crippen LogP contribution < -0.4 is 15.4 Å². The van der Waals surface area contributed by atoms with Crippen molar-refractivity contribution in [1.29, 1.82) is 0 Å². The average Bonchev–Trinajstić information content (AvgIpc) is 2.90. The van der Waals surface area contributed by atoms with Crippen molar-refractivity contribution in [2.24, 2.45) is 0 Å². The molecule has 0 aliphatic rings. The first kappa shape index (κ1) is 18.8. The zero-order valence-corrected chi connectivity index (χ0v) is 15.0. The molecule has 0 saturated heterocycles. The highest BCUT2D eigenvalue weighted by atomic mass is 19.1. The molecule has 0 bridgehead atoms. The van der Waals surface area contributed by atoms with Crippen LogP contribution in [0.15, 0.2) is 22.7 Å². The van der Waals surface area contributed by atoms with Crippen molar-refractivity contribution in [1.82, 2.24) is 15.8 Å². The molecule has 1 atom stereocenters. The normalized spacial score (nSPS) is 11.9. The lowest BCUT2D eigenvalue weighted by Gasteiger charge is -2.16. The summed E-state index contributed by atoms with van der Waals surface area (Å²) in [5, 5.41) is 9.50. The third-order valence-electron chi connectivity index (χ3n) is 4.09. The molecule has 2 aromatic rings. The summed E-state index contributed by atoms with van der Waals surface area (Å²) in [5.41, 5.74) is 2.64. The fourth-order valence-corrected chi connectivity index (χ4v) is 2.61. The zero-order valence-electron chi connectivity index (χ0n) is 15.0. The van der Waals surface area contributed by atoms with Gasteiger partial charge in [-0.15, -0.1) is 0 Å². The molecule has 1 aromatic carbocycles. The van der Waals surface area contributed by atoms with Crippen LogP contribution in [0.1, 0.15) is 42.0 Å². The molecular formula is C18H24FN3O3. The summed E-state index contributed by atoms with van der Waals surface area (Å²) in [6.45, 7) is 6.11. The molecule has 0 fully saturated rings. The molecule has 2 rings (SSSR count). The van der Waals surface area contributed by atoms with Gasteiger partial charge in [0, 0.05) is 12.1 Å². The fraction of sp³-hybridized carbons (Fsp3) is 0.444. The van der Waals surface area contributed by atoms with Gasteiger partial charge in [0.15, 0.2) is 11.6 Å². The van der Waals surface area contributed by atoms with Crippen LogP contribution in [-0.2, 0) is 6.42 Å². The number of aromatic nitrogens is 1. The van der Waals surface area contributed by atoms with Crippen LogP contribution in [0.25, 0.3) is 0 Å². The minimum Gasteiger partial charge on any atom is -0.494 e. The number of carbonyl (C=O) groups excluding carboxylic acids is 1. The van der Waals surface area contributed by atoms with Gasteiger partial charge in [0.05, 0.1) is 18.8 Å². The first-order valence-electron chi connectivity index (χ1n) is 8.22. The Morgan fingerprint density at radius 3 is 2.76 bits per heavy atom. The van der Waals surface area contributed by atoms with E-state index < -0.39 is 5.82 Å². The van der Waals surface area contributed by atoms with Crippen LogP contribution in [0.5, 0.6) is 5.75 Å². The number of halogens is 1. The summed E-state index contributed by atoms with van der Waals surface area (Å²) in [7, 11) is 1.41. The Hall–Kier alpha value is -2.57.